The van der Waals surface area contributed by atoms with Gasteiger partial charge >= 0.3 is 0 Å². The maximum Gasteiger partial charge on any atom is 0.0726 e. The molecule has 0 atom stereocenters. The second-order valence-electron chi connectivity index (χ2n) is 8.65. The second-order valence-corrected chi connectivity index (χ2v) is 8.65. The lowest BCUT2D eigenvalue weighted by Gasteiger charge is -2.22. The lowest BCUT2D eigenvalue weighted by molar-refractivity contribution is 0.869. The Balaban J connectivity index is 1.52. The molecule has 6 aromatic rings. The number of pyridine rings is 1. The van der Waals surface area contributed by atoms with Gasteiger partial charge in [-0.15, -0.1) is 0 Å². The summed E-state index contributed by atoms with van der Waals surface area (Å²) in [5.41, 5.74) is 8.22. The predicted molar refractivity (Wildman–Crippen MR) is 140 cm³/mol. The first-order valence-electron chi connectivity index (χ1n) is 11.3. The van der Waals surface area contributed by atoms with E-state index in [1.165, 1.54) is 38.7 Å². The predicted octanol–water partition coefficient (Wildman–Crippen LogP) is 7.47. The first-order chi connectivity index (χ1) is 16.2. The van der Waals surface area contributed by atoms with Crippen LogP contribution >= 0.6 is 0 Å². The van der Waals surface area contributed by atoms with Gasteiger partial charge in [0.2, 0.25) is 0 Å². The highest BCUT2D eigenvalue weighted by Gasteiger charge is 2.15. The molecule has 2 aromatic heterocycles. The summed E-state index contributed by atoms with van der Waals surface area (Å²) in [6, 6.07) is 36.7. The Hall–Kier alpha value is -4.11. The summed E-state index contributed by atoms with van der Waals surface area (Å²) in [6.07, 6.45) is 0. The van der Waals surface area contributed by atoms with Crippen LogP contribution in [0, 0.1) is 6.92 Å². The Morgan fingerprint density at radius 1 is 0.697 bits per heavy atom. The Labute approximate surface area is 193 Å². The highest BCUT2D eigenvalue weighted by Crippen LogP contribution is 2.36. The summed E-state index contributed by atoms with van der Waals surface area (Å²) in [5, 5.41) is 3.73. The molecule has 0 saturated heterocycles. The average molecular weight is 428 g/mol. The van der Waals surface area contributed by atoms with Crippen molar-refractivity contribution >= 4 is 44.1 Å². The molecule has 0 aliphatic carbocycles. The lowest BCUT2D eigenvalue weighted by Crippen LogP contribution is -2.10. The van der Waals surface area contributed by atoms with Gasteiger partial charge in [-0.3, -0.25) is 4.98 Å². The van der Waals surface area contributed by atoms with Crippen molar-refractivity contribution in [1.29, 1.82) is 0 Å². The minimum atomic E-state index is 0.855. The minimum absolute atomic E-state index is 0.855. The first-order valence-corrected chi connectivity index (χ1v) is 11.3. The van der Waals surface area contributed by atoms with Crippen LogP contribution in [-0.4, -0.2) is 16.6 Å². The van der Waals surface area contributed by atoms with E-state index >= 15 is 0 Å². The number of nitrogens with zero attached hydrogens (tertiary/aromatic N) is 3. The molecule has 0 saturated carbocycles. The van der Waals surface area contributed by atoms with E-state index in [1.807, 2.05) is 6.07 Å². The van der Waals surface area contributed by atoms with Gasteiger partial charge in [-0.2, -0.15) is 0 Å². The number of fused-ring (bicyclic) bond motifs is 4. The number of para-hydroxylation sites is 2. The molecule has 0 N–H and O–H groups in total. The summed E-state index contributed by atoms with van der Waals surface area (Å²) in [5.74, 6) is 0. The highest BCUT2D eigenvalue weighted by atomic mass is 15.1. The van der Waals surface area contributed by atoms with Crippen LogP contribution in [0.5, 0.6) is 0 Å². The fraction of sp³-hybridized carbons (Fsp3) is 0.100. The van der Waals surface area contributed by atoms with Crippen LogP contribution < -0.4 is 4.90 Å². The van der Waals surface area contributed by atoms with Crippen molar-refractivity contribution in [3.63, 3.8) is 0 Å². The molecule has 0 unspecified atom stereocenters. The summed E-state index contributed by atoms with van der Waals surface area (Å²) in [7, 11) is 2.14. The molecule has 0 aliphatic rings. The Morgan fingerprint density at radius 2 is 1.39 bits per heavy atom. The molecule has 6 rings (SSSR count). The van der Waals surface area contributed by atoms with Crippen molar-refractivity contribution < 1.29 is 0 Å². The number of aryl methyl sites for hydroxylation is 1. The second kappa shape index (κ2) is 7.79. The fourth-order valence-electron chi connectivity index (χ4n) is 4.89. The van der Waals surface area contributed by atoms with Crippen LogP contribution in [0.4, 0.5) is 11.4 Å². The molecule has 0 spiro atoms. The van der Waals surface area contributed by atoms with Gasteiger partial charge in [-0.1, -0.05) is 66.7 Å². The van der Waals surface area contributed by atoms with Crippen molar-refractivity contribution in [3.05, 3.63) is 114 Å². The SMILES string of the molecule is Cc1cc(N(C)c2ccc3c(c2)c2ccccc2n3Cc2ccccc2)c2ccccc2n1. The number of hydrogen-bond acceptors (Lipinski definition) is 2. The van der Waals surface area contributed by atoms with Crippen LogP contribution in [0.1, 0.15) is 11.3 Å². The molecule has 4 aromatic carbocycles. The number of anilines is 2. The van der Waals surface area contributed by atoms with Gasteiger partial charge in [0.05, 0.1) is 11.2 Å². The number of hydrogen-bond donors (Lipinski definition) is 0. The molecule has 0 fully saturated rings. The summed E-state index contributed by atoms with van der Waals surface area (Å²) >= 11 is 0. The third-order valence-electron chi connectivity index (χ3n) is 6.51. The largest absolute Gasteiger partial charge is 0.344 e. The zero-order chi connectivity index (χ0) is 22.4. The maximum absolute atomic E-state index is 4.72. The van der Waals surface area contributed by atoms with Gasteiger partial charge in [-0.05, 0) is 48.9 Å². The molecule has 2 heterocycles. The molecule has 0 radical (unpaired) electrons. The molecule has 0 bridgehead atoms. The van der Waals surface area contributed by atoms with Gasteiger partial charge in [-0.25, -0.2) is 0 Å². The maximum atomic E-state index is 4.72. The van der Waals surface area contributed by atoms with Gasteiger partial charge in [0.25, 0.3) is 0 Å². The van der Waals surface area contributed by atoms with Crippen LogP contribution in [-0.2, 0) is 6.54 Å². The van der Waals surface area contributed by atoms with Gasteiger partial charge < -0.3 is 9.47 Å². The van der Waals surface area contributed by atoms with E-state index < -0.39 is 0 Å². The van der Waals surface area contributed by atoms with Gasteiger partial charge in [0.15, 0.2) is 0 Å². The van der Waals surface area contributed by atoms with E-state index in [4.69, 9.17) is 4.98 Å². The van der Waals surface area contributed by atoms with E-state index in [9.17, 15) is 0 Å². The monoisotopic (exact) mass is 427 g/mol. The van der Waals surface area contributed by atoms with Crippen molar-refractivity contribution in [2.45, 2.75) is 13.5 Å². The van der Waals surface area contributed by atoms with Gasteiger partial charge in [0, 0.05) is 52.2 Å². The third kappa shape index (κ3) is 3.33. The van der Waals surface area contributed by atoms with Crippen LogP contribution in [0.15, 0.2) is 103 Å². The normalized spacial score (nSPS) is 11.5. The lowest BCUT2D eigenvalue weighted by atomic mass is 10.1. The van der Waals surface area contributed by atoms with Crippen molar-refractivity contribution in [1.82, 2.24) is 9.55 Å². The molecule has 33 heavy (non-hydrogen) atoms. The van der Waals surface area contributed by atoms with Crippen molar-refractivity contribution in [2.24, 2.45) is 0 Å². The third-order valence-corrected chi connectivity index (χ3v) is 6.51. The van der Waals surface area contributed by atoms with Crippen LogP contribution in [0.2, 0.25) is 0 Å². The fourth-order valence-corrected chi connectivity index (χ4v) is 4.89. The standard InChI is InChI=1S/C30H25N3/c1-21-18-30(25-13-6-8-14-27(25)31-21)32(2)23-16-17-29-26(19-23)24-12-7-9-15-28(24)33(29)20-22-10-4-3-5-11-22/h3-19H,20H2,1-2H3. The number of rotatable bonds is 4. The minimum Gasteiger partial charge on any atom is -0.344 e. The zero-order valence-electron chi connectivity index (χ0n) is 18.9. The van der Waals surface area contributed by atoms with Crippen molar-refractivity contribution in [3.8, 4) is 0 Å². The molecule has 160 valence electrons. The van der Waals surface area contributed by atoms with Crippen LogP contribution in [0.25, 0.3) is 32.7 Å². The Bertz CT molecular complexity index is 1610. The van der Waals surface area contributed by atoms with Crippen LogP contribution in [0.3, 0.4) is 0 Å². The summed E-state index contributed by atoms with van der Waals surface area (Å²) in [6.45, 7) is 2.92. The molecule has 0 aliphatic heterocycles. The molecule has 0 amide bonds. The Morgan fingerprint density at radius 3 is 2.24 bits per heavy atom. The number of aromatic nitrogens is 2. The van der Waals surface area contributed by atoms with E-state index in [-0.39, 0.29) is 0 Å². The quantitative estimate of drug-likeness (QED) is 0.291. The molecular formula is C30H25N3. The molecular weight excluding hydrogens is 402 g/mol. The summed E-state index contributed by atoms with van der Waals surface area (Å²) in [4.78, 5) is 6.99. The highest BCUT2D eigenvalue weighted by molar-refractivity contribution is 6.09. The van der Waals surface area contributed by atoms with E-state index in [0.29, 0.717) is 0 Å². The molecule has 3 nitrogen and oxygen atoms in total. The zero-order valence-corrected chi connectivity index (χ0v) is 18.9. The van der Waals surface area contributed by atoms with E-state index in [2.05, 4.69) is 121 Å². The Kier molecular flexibility index (Phi) is 4.62. The van der Waals surface area contributed by atoms with Gasteiger partial charge in [0.1, 0.15) is 0 Å². The average Bonchev–Trinajstić information content (AvgIpc) is 3.16. The van der Waals surface area contributed by atoms with E-state index in [1.54, 1.807) is 0 Å². The topological polar surface area (TPSA) is 21.1 Å². The first kappa shape index (κ1) is 19.6. The number of benzene rings is 4. The summed E-state index contributed by atoms with van der Waals surface area (Å²) < 4.78 is 2.43. The van der Waals surface area contributed by atoms with Crippen molar-refractivity contribution in [2.75, 3.05) is 11.9 Å². The molecule has 3 heteroatoms. The van der Waals surface area contributed by atoms with E-state index in [0.717, 1.165) is 23.1 Å². The smallest absolute Gasteiger partial charge is 0.0726 e.